The second kappa shape index (κ2) is 11.9. The molecule has 0 aliphatic heterocycles. The minimum atomic E-state index is -3.99. The Hall–Kier alpha value is -2.13. The zero-order chi connectivity index (χ0) is 22.0. The van der Waals surface area contributed by atoms with Crippen LogP contribution in [0.1, 0.15) is 18.9 Å². The van der Waals surface area contributed by atoms with Crippen LogP contribution >= 0.6 is 11.6 Å². The van der Waals surface area contributed by atoms with Gasteiger partial charge in [-0.3, -0.25) is 4.79 Å². The van der Waals surface area contributed by atoms with Crippen LogP contribution in [0.15, 0.2) is 53.4 Å². The molecule has 0 saturated carbocycles. The highest BCUT2D eigenvalue weighted by Crippen LogP contribution is 2.27. The SMILES string of the molecule is CCOCCCNC(=O)C(Cc1ccccc1)NS(=O)(=O)c1ccc(OC)c(Cl)c1. The minimum absolute atomic E-state index is 0.0458. The number of hydrogen-bond donors (Lipinski definition) is 2. The number of ether oxygens (including phenoxy) is 2. The van der Waals surface area contributed by atoms with Crippen LogP contribution < -0.4 is 14.8 Å². The van der Waals surface area contributed by atoms with E-state index in [0.717, 1.165) is 5.56 Å². The first kappa shape index (κ1) is 24.1. The lowest BCUT2D eigenvalue weighted by Gasteiger charge is -2.19. The average Bonchev–Trinajstić information content (AvgIpc) is 2.73. The zero-order valence-electron chi connectivity index (χ0n) is 17.1. The highest BCUT2D eigenvalue weighted by Gasteiger charge is 2.26. The number of carbonyl (C=O) groups is 1. The van der Waals surface area contributed by atoms with Crippen molar-refractivity contribution in [3.8, 4) is 5.75 Å². The molecule has 2 aromatic rings. The van der Waals surface area contributed by atoms with Gasteiger partial charge in [-0.15, -0.1) is 0 Å². The molecule has 9 heteroatoms. The number of sulfonamides is 1. The second-order valence-electron chi connectivity index (χ2n) is 6.50. The van der Waals surface area contributed by atoms with E-state index in [4.69, 9.17) is 21.1 Å². The Morgan fingerprint density at radius 1 is 1.17 bits per heavy atom. The minimum Gasteiger partial charge on any atom is -0.495 e. The molecule has 1 unspecified atom stereocenters. The van der Waals surface area contributed by atoms with Gasteiger partial charge in [0, 0.05) is 19.8 Å². The highest BCUT2D eigenvalue weighted by atomic mass is 35.5. The molecule has 2 rings (SSSR count). The predicted octanol–water partition coefficient (Wildman–Crippen LogP) is 2.78. The molecule has 30 heavy (non-hydrogen) atoms. The quantitative estimate of drug-likeness (QED) is 0.481. The van der Waals surface area contributed by atoms with Crippen molar-refractivity contribution in [2.75, 3.05) is 26.9 Å². The molecular formula is C21H27ClN2O5S. The maximum atomic E-state index is 12.9. The molecule has 0 saturated heterocycles. The van der Waals surface area contributed by atoms with Gasteiger partial charge in [-0.05, 0) is 43.5 Å². The van der Waals surface area contributed by atoms with Crippen LogP contribution in [0.25, 0.3) is 0 Å². The lowest BCUT2D eigenvalue weighted by Crippen LogP contribution is -2.48. The zero-order valence-corrected chi connectivity index (χ0v) is 18.6. The van der Waals surface area contributed by atoms with Gasteiger partial charge >= 0.3 is 0 Å². The van der Waals surface area contributed by atoms with Crippen molar-refractivity contribution in [3.63, 3.8) is 0 Å². The van der Waals surface area contributed by atoms with Crippen molar-refractivity contribution in [1.82, 2.24) is 10.0 Å². The topological polar surface area (TPSA) is 93.7 Å². The molecule has 2 aromatic carbocycles. The fourth-order valence-corrected chi connectivity index (χ4v) is 4.30. The first-order valence-corrected chi connectivity index (χ1v) is 11.5. The molecule has 0 fully saturated rings. The van der Waals surface area contributed by atoms with Gasteiger partial charge in [-0.25, -0.2) is 8.42 Å². The molecule has 0 heterocycles. The van der Waals surface area contributed by atoms with Crippen molar-refractivity contribution in [2.24, 2.45) is 0 Å². The maximum absolute atomic E-state index is 12.9. The average molecular weight is 455 g/mol. The highest BCUT2D eigenvalue weighted by molar-refractivity contribution is 7.89. The van der Waals surface area contributed by atoms with Gasteiger partial charge in [0.15, 0.2) is 0 Å². The number of nitrogens with one attached hydrogen (secondary N) is 2. The molecule has 0 aliphatic rings. The summed E-state index contributed by atoms with van der Waals surface area (Å²) >= 11 is 6.07. The standard InChI is InChI=1S/C21H27ClN2O5S/c1-3-29-13-7-12-23-21(25)19(14-16-8-5-4-6-9-16)24-30(26,27)17-10-11-20(28-2)18(22)15-17/h4-6,8-11,15,19,24H,3,7,12-14H2,1-2H3,(H,23,25). The van der Waals surface area contributed by atoms with E-state index in [1.165, 1.54) is 25.3 Å². The molecule has 2 N–H and O–H groups in total. The molecular weight excluding hydrogens is 428 g/mol. The van der Waals surface area contributed by atoms with E-state index in [1.807, 2.05) is 37.3 Å². The summed E-state index contributed by atoms with van der Waals surface area (Å²) in [6, 6.07) is 12.4. The van der Waals surface area contributed by atoms with Crippen molar-refractivity contribution < 1.29 is 22.7 Å². The van der Waals surface area contributed by atoms with E-state index in [-0.39, 0.29) is 16.3 Å². The molecule has 164 valence electrons. The van der Waals surface area contributed by atoms with Gasteiger partial charge in [-0.1, -0.05) is 41.9 Å². The maximum Gasteiger partial charge on any atom is 0.241 e. The Morgan fingerprint density at radius 2 is 1.90 bits per heavy atom. The summed E-state index contributed by atoms with van der Waals surface area (Å²) in [4.78, 5) is 12.7. The van der Waals surface area contributed by atoms with Gasteiger partial charge in [0.2, 0.25) is 15.9 Å². The number of amides is 1. The number of benzene rings is 2. The Balaban J connectivity index is 2.16. The predicted molar refractivity (Wildman–Crippen MR) is 116 cm³/mol. The molecule has 0 aliphatic carbocycles. The van der Waals surface area contributed by atoms with Crippen LogP contribution in [0.5, 0.6) is 5.75 Å². The first-order chi connectivity index (χ1) is 14.4. The van der Waals surface area contributed by atoms with E-state index in [2.05, 4.69) is 10.0 Å². The summed E-state index contributed by atoms with van der Waals surface area (Å²) in [6.45, 7) is 3.42. The third-order valence-corrected chi connectivity index (χ3v) is 6.06. The monoisotopic (exact) mass is 454 g/mol. The van der Waals surface area contributed by atoms with Crippen molar-refractivity contribution in [1.29, 1.82) is 0 Å². The fraction of sp³-hybridized carbons (Fsp3) is 0.381. The van der Waals surface area contributed by atoms with E-state index in [1.54, 1.807) is 0 Å². The number of carbonyl (C=O) groups excluding carboxylic acids is 1. The Labute approximate surface area is 182 Å². The Kier molecular flexibility index (Phi) is 9.58. The van der Waals surface area contributed by atoms with Crippen molar-refractivity contribution in [2.45, 2.75) is 30.7 Å². The second-order valence-corrected chi connectivity index (χ2v) is 8.62. The summed E-state index contributed by atoms with van der Waals surface area (Å²) < 4.78 is 38.6. The van der Waals surface area contributed by atoms with Gasteiger partial charge in [0.05, 0.1) is 17.0 Å². The molecule has 0 radical (unpaired) electrons. The molecule has 1 atom stereocenters. The van der Waals surface area contributed by atoms with Gasteiger partial charge in [0.25, 0.3) is 0 Å². The summed E-state index contributed by atoms with van der Waals surface area (Å²) in [6.07, 6.45) is 0.847. The Morgan fingerprint density at radius 3 is 2.53 bits per heavy atom. The summed E-state index contributed by atoms with van der Waals surface area (Å²) in [5, 5.41) is 2.94. The third-order valence-electron chi connectivity index (χ3n) is 4.30. The largest absolute Gasteiger partial charge is 0.495 e. The summed E-state index contributed by atoms with van der Waals surface area (Å²) in [7, 11) is -2.54. The lowest BCUT2D eigenvalue weighted by atomic mass is 10.1. The van der Waals surface area contributed by atoms with Crippen molar-refractivity contribution >= 4 is 27.5 Å². The first-order valence-electron chi connectivity index (χ1n) is 9.62. The van der Waals surface area contributed by atoms with Crippen LogP contribution in [-0.2, 0) is 26.0 Å². The van der Waals surface area contributed by atoms with Gasteiger partial charge in [-0.2, -0.15) is 4.72 Å². The lowest BCUT2D eigenvalue weighted by molar-refractivity contribution is -0.122. The van der Waals surface area contributed by atoms with E-state index >= 15 is 0 Å². The van der Waals surface area contributed by atoms with E-state index < -0.39 is 22.0 Å². The third kappa shape index (κ3) is 7.28. The van der Waals surface area contributed by atoms with Crippen LogP contribution in [0.4, 0.5) is 0 Å². The fourth-order valence-electron chi connectivity index (χ4n) is 2.76. The van der Waals surface area contributed by atoms with Crippen LogP contribution in [-0.4, -0.2) is 47.2 Å². The smallest absolute Gasteiger partial charge is 0.241 e. The molecule has 1 amide bonds. The number of hydrogen-bond acceptors (Lipinski definition) is 5. The van der Waals surface area contributed by atoms with E-state index in [9.17, 15) is 13.2 Å². The van der Waals surface area contributed by atoms with Crippen LogP contribution in [0, 0.1) is 0 Å². The molecule has 7 nitrogen and oxygen atoms in total. The summed E-state index contributed by atoms with van der Waals surface area (Å²) in [5.41, 5.74) is 0.836. The Bertz CT molecular complexity index is 922. The molecule has 0 spiro atoms. The van der Waals surface area contributed by atoms with Crippen molar-refractivity contribution in [3.05, 3.63) is 59.1 Å². The normalized spacial score (nSPS) is 12.4. The van der Waals surface area contributed by atoms with Crippen LogP contribution in [0.2, 0.25) is 5.02 Å². The van der Waals surface area contributed by atoms with Gasteiger partial charge in [0.1, 0.15) is 11.8 Å². The number of methoxy groups -OCH3 is 1. The van der Waals surface area contributed by atoms with E-state index in [0.29, 0.717) is 31.9 Å². The number of rotatable bonds is 12. The summed E-state index contributed by atoms with van der Waals surface area (Å²) in [5.74, 6) is -0.0398. The molecule has 0 bridgehead atoms. The van der Waals surface area contributed by atoms with Crippen LogP contribution in [0.3, 0.4) is 0 Å². The molecule has 0 aromatic heterocycles. The van der Waals surface area contributed by atoms with Gasteiger partial charge < -0.3 is 14.8 Å². The number of halogens is 1.